The molecule has 1 aliphatic heterocycles. The van der Waals surface area contributed by atoms with E-state index in [1.165, 1.54) is 10.9 Å². The van der Waals surface area contributed by atoms with Gasteiger partial charge in [-0.05, 0) is 31.9 Å². The van der Waals surface area contributed by atoms with Crippen molar-refractivity contribution in [3.63, 3.8) is 0 Å². The minimum atomic E-state index is -5.05. The van der Waals surface area contributed by atoms with E-state index in [-0.39, 0.29) is 35.6 Å². The maximum Gasteiger partial charge on any atom is 0.359 e. The molecule has 0 unspecified atom stereocenters. The average Bonchev–Trinajstić information content (AvgIpc) is 3.54. The molecule has 4 rings (SSSR count). The number of nitrogens with zero attached hydrogens (tertiary/aromatic N) is 7. The molecule has 3 aromatic rings. The third kappa shape index (κ3) is 5.59. The molecule has 0 aliphatic carbocycles. The predicted octanol–water partition coefficient (Wildman–Crippen LogP) is -1.05. The van der Waals surface area contributed by atoms with E-state index in [0.717, 1.165) is 0 Å². The number of aliphatic hydroxyl groups is 3. The fourth-order valence-corrected chi connectivity index (χ4v) is 4.88. The first-order valence-electron chi connectivity index (χ1n) is 11.2. The molecule has 204 valence electrons. The first-order chi connectivity index (χ1) is 17.5. The highest BCUT2D eigenvalue weighted by molar-refractivity contribution is 7.53. The van der Waals surface area contributed by atoms with E-state index in [1.54, 1.807) is 0 Å². The summed E-state index contributed by atoms with van der Waals surface area (Å²) in [5.41, 5.74) is 0.223. The summed E-state index contributed by atoms with van der Waals surface area (Å²) < 4.78 is 24.8. The van der Waals surface area contributed by atoms with Crippen LogP contribution in [-0.2, 0) is 20.5 Å². The van der Waals surface area contributed by atoms with E-state index in [1.807, 2.05) is 13.8 Å². The molecule has 17 nitrogen and oxygen atoms in total. The lowest BCUT2D eigenvalue weighted by molar-refractivity contribution is -0.111. The number of hydrogen-bond donors (Lipinski definition) is 7. The molecule has 1 saturated heterocycles. The molecule has 3 aromatic heterocycles. The molecule has 0 spiro atoms. The van der Waals surface area contributed by atoms with Crippen molar-refractivity contribution in [2.45, 2.75) is 62.6 Å². The largest absolute Gasteiger partial charge is 0.393 e. The summed E-state index contributed by atoms with van der Waals surface area (Å²) in [5, 5.41) is 49.7. The van der Waals surface area contributed by atoms with E-state index in [9.17, 15) is 29.7 Å². The summed E-state index contributed by atoms with van der Waals surface area (Å²) in [7, 11) is -5.05. The monoisotopic (exact) mass is 563 g/mol. The molecule has 0 amide bonds. The zero-order valence-electron chi connectivity index (χ0n) is 19.7. The van der Waals surface area contributed by atoms with Crippen LogP contribution in [0.2, 0.25) is 5.28 Å². The number of aromatic amines is 1. The topological polar surface area (TPSA) is 247 Å². The molecule has 0 radical (unpaired) electrons. The highest BCUT2D eigenvalue weighted by Gasteiger charge is 2.51. The van der Waals surface area contributed by atoms with Gasteiger partial charge in [-0.15, -0.1) is 10.2 Å². The number of hydrogen-bond acceptors (Lipinski definition) is 13. The van der Waals surface area contributed by atoms with Gasteiger partial charge < -0.3 is 39.9 Å². The Morgan fingerprint density at radius 2 is 2.08 bits per heavy atom. The molecule has 7 N–H and O–H groups in total. The van der Waals surface area contributed by atoms with Crippen LogP contribution in [0.25, 0.3) is 11.0 Å². The second-order valence-electron chi connectivity index (χ2n) is 8.80. The van der Waals surface area contributed by atoms with Gasteiger partial charge in [-0.3, -0.25) is 4.57 Å². The van der Waals surface area contributed by atoms with Crippen LogP contribution in [-0.4, -0.2) is 108 Å². The lowest BCUT2D eigenvalue weighted by Gasteiger charge is -2.33. The van der Waals surface area contributed by atoms with Crippen LogP contribution in [0, 0.1) is 0 Å². The van der Waals surface area contributed by atoms with Crippen LogP contribution in [0.5, 0.6) is 0 Å². The number of fused-ring (bicyclic) bond motifs is 1. The fraction of sp³-hybridized carbons (Fsp3) is 0.667. The molecule has 37 heavy (non-hydrogen) atoms. The summed E-state index contributed by atoms with van der Waals surface area (Å²) in [6.07, 6.45) is -4.51. The van der Waals surface area contributed by atoms with Gasteiger partial charge in [-0.1, -0.05) is 5.21 Å². The van der Waals surface area contributed by atoms with Crippen LogP contribution in [0.1, 0.15) is 32.3 Å². The normalized spacial score (nSPS) is 24.1. The second-order valence-corrected chi connectivity index (χ2v) is 11.0. The Hall–Kier alpha value is -2.34. The molecule has 4 heterocycles. The van der Waals surface area contributed by atoms with Gasteiger partial charge in [0.25, 0.3) is 0 Å². The maximum absolute atomic E-state index is 12.3. The van der Waals surface area contributed by atoms with Gasteiger partial charge in [0, 0.05) is 12.5 Å². The minimum Gasteiger partial charge on any atom is -0.393 e. The number of aryl methyl sites for hydroxylation is 1. The fourth-order valence-electron chi connectivity index (χ4n) is 3.89. The van der Waals surface area contributed by atoms with Crippen LogP contribution < -0.4 is 5.32 Å². The van der Waals surface area contributed by atoms with Gasteiger partial charge in [-0.25, -0.2) is 4.68 Å². The lowest BCUT2D eigenvalue weighted by atomic mass is 10.1. The van der Waals surface area contributed by atoms with Crippen LogP contribution in [0.15, 0.2) is 6.20 Å². The molecule has 5 atom stereocenters. The Labute approximate surface area is 214 Å². The van der Waals surface area contributed by atoms with Gasteiger partial charge in [0.1, 0.15) is 24.1 Å². The van der Waals surface area contributed by atoms with Crippen molar-refractivity contribution in [2.75, 3.05) is 18.5 Å². The molecular weight excluding hydrogens is 537 g/mol. The summed E-state index contributed by atoms with van der Waals surface area (Å²) in [6.45, 7) is 2.18. The quantitative estimate of drug-likeness (QED) is 0.109. The smallest absolute Gasteiger partial charge is 0.359 e. The predicted molar refractivity (Wildman–Crippen MR) is 125 cm³/mol. The van der Waals surface area contributed by atoms with E-state index in [0.29, 0.717) is 11.2 Å². The molecule has 19 heteroatoms. The van der Waals surface area contributed by atoms with Gasteiger partial charge in [0.2, 0.25) is 5.28 Å². The van der Waals surface area contributed by atoms with Crippen LogP contribution in [0.4, 0.5) is 5.82 Å². The summed E-state index contributed by atoms with van der Waals surface area (Å²) in [5.74, 6) is 0.570. The summed E-state index contributed by atoms with van der Waals surface area (Å²) in [6, 6.07) is 0.0232. The number of ether oxygens (including phenoxy) is 2. The van der Waals surface area contributed by atoms with Gasteiger partial charge >= 0.3 is 7.60 Å². The van der Waals surface area contributed by atoms with E-state index < -0.39 is 50.7 Å². The highest BCUT2D eigenvalue weighted by atomic mass is 35.5. The third-order valence-electron chi connectivity index (χ3n) is 5.85. The summed E-state index contributed by atoms with van der Waals surface area (Å²) in [4.78, 5) is 28.2. The average molecular weight is 564 g/mol. The number of aliphatic hydroxyl groups excluding tert-OH is 3. The lowest BCUT2D eigenvalue weighted by Crippen LogP contribution is -2.42. The van der Waals surface area contributed by atoms with E-state index in [4.69, 9.17) is 21.1 Å². The number of rotatable bonds is 11. The number of anilines is 1. The number of nitrogens with one attached hydrogen (secondary N) is 2. The zero-order valence-corrected chi connectivity index (χ0v) is 21.4. The number of aromatic nitrogens is 8. The van der Waals surface area contributed by atoms with Gasteiger partial charge in [0.15, 0.2) is 23.0 Å². The SMILES string of the molecule is CC(C)Nc1nc(Cl)nc2c1cnn2[C@@H]1O[C@H](CO[C@](CO)(CCc2nn[nH]n2)P(=O)(O)O)[C@@H](O)[C@H]1O. The van der Waals surface area contributed by atoms with Crippen molar-refractivity contribution < 1.29 is 39.1 Å². The van der Waals surface area contributed by atoms with Crippen molar-refractivity contribution >= 4 is 36.0 Å². The molecule has 0 saturated carbocycles. The van der Waals surface area contributed by atoms with Crippen molar-refractivity contribution in [3.8, 4) is 0 Å². The zero-order chi connectivity index (χ0) is 27.0. The first-order valence-corrected chi connectivity index (χ1v) is 13.2. The molecule has 0 bridgehead atoms. The minimum absolute atomic E-state index is 0.0232. The first kappa shape index (κ1) is 27.7. The third-order valence-corrected chi connectivity index (χ3v) is 7.58. The Kier molecular flexibility index (Phi) is 8.08. The van der Waals surface area contributed by atoms with E-state index >= 15 is 0 Å². The van der Waals surface area contributed by atoms with E-state index in [2.05, 4.69) is 41.0 Å². The molecule has 0 aromatic carbocycles. The maximum atomic E-state index is 12.3. The van der Waals surface area contributed by atoms with Crippen molar-refractivity contribution in [1.29, 1.82) is 0 Å². The number of tetrazole rings is 1. The molecular formula is C18H27ClN9O8P. The van der Waals surface area contributed by atoms with Crippen LogP contribution in [0.3, 0.4) is 0 Å². The standard InChI is InChI=1S/C18H27ClN9O8P/c1-8(2)21-14-9-5-20-28(15(9)23-17(19)22-14)16-13(31)12(30)10(36-16)6-35-18(7-29,37(32,33)34)4-3-11-24-26-27-25-11/h5,8,10,12-13,16,29-31H,3-4,6-7H2,1-2H3,(H,21,22,23)(H2,32,33,34)(H,24,25,26,27)/t10-,12-,13-,16-,18-/m1/s1. The molecule has 1 fully saturated rings. The van der Waals surface area contributed by atoms with Crippen LogP contribution >= 0.6 is 19.2 Å². The van der Waals surface area contributed by atoms with Crippen molar-refractivity contribution in [1.82, 2.24) is 40.4 Å². The van der Waals surface area contributed by atoms with Crippen molar-refractivity contribution in [3.05, 3.63) is 17.3 Å². The Morgan fingerprint density at radius 3 is 2.70 bits per heavy atom. The molecule has 1 aliphatic rings. The van der Waals surface area contributed by atoms with Gasteiger partial charge in [0.05, 0.1) is 24.8 Å². The number of halogens is 1. The Morgan fingerprint density at radius 1 is 1.32 bits per heavy atom. The van der Waals surface area contributed by atoms with Gasteiger partial charge in [-0.2, -0.15) is 20.3 Å². The Bertz CT molecular complexity index is 1260. The Balaban J connectivity index is 1.54. The van der Waals surface area contributed by atoms with Crippen molar-refractivity contribution in [2.24, 2.45) is 0 Å². The highest BCUT2D eigenvalue weighted by Crippen LogP contribution is 2.53. The summed E-state index contributed by atoms with van der Waals surface area (Å²) >= 11 is 6.07. The second kappa shape index (κ2) is 10.8. The number of H-pyrrole nitrogens is 1.